The average molecular weight is 403 g/mol. The van der Waals surface area contributed by atoms with E-state index >= 15 is 0 Å². The van der Waals surface area contributed by atoms with Crippen LogP contribution in [0.1, 0.15) is 25.0 Å². The van der Waals surface area contributed by atoms with Crippen molar-refractivity contribution in [3.05, 3.63) is 58.7 Å². The van der Waals surface area contributed by atoms with Gasteiger partial charge in [0, 0.05) is 44.4 Å². The third kappa shape index (κ3) is 5.36. The fraction of sp³-hybridized carbons (Fsp3) is 0.429. The number of anilines is 1. The molecule has 2 heterocycles. The van der Waals surface area contributed by atoms with Crippen LogP contribution >= 0.6 is 11.6 Å². The molecule has 0 spiro atoms. The van der Waals surface area contributed by atoms with Gasteiger partial charge >= 0.3 is 6.03 Å². The lowest BCUT2D eigenvalue weighted by molar-refractivity contribution is -0.00546. The molecule has 150 valence electrons. The minimum Gasteiger partial charge on any atom is -0.372 e. The number of benzene rings is 1. The van der Waals surface area contributed by atoms with Crippen LogP contribution < -0.4 is 10.2 Å². The van der Waals surface area contributed by atoms with Gasteiger partial charge in [-0.3, -0.25) is 0 Å². The number of hydrogen-bond acceptors (Lipinski definition) is 4. The Morgan fingerprint density at radius 2 is 1.96 bits per heavy atom. The first-order valence-electron chi connectivity index (χ1n) is 9.50. The van der Waals surface area contributed by atoms with Crippen molar-refractivity contribution in [1.82, 2.24) is 15.2 Å². The zero-order chi connectivity index (χ0) is 20.1. The summed E-state index contributed by atoms with van der Waals surface area (Å²) in [6, 6.07) is 11.4. The maximum absolute atomic E-state index is 12.3. The summed E-state index contributed by atoms with van der Waals surface area (Å²) in [4.78, 5) is 20.8. The van der Waals surface area contributed by atoms with Crippen LogP contribution in [0.2, 0.25) is 5.02 Å². The highest BCUT2D eigenvalue weighted by molar-refractivity contribution is 6.31. The highest BCUT2D eigenvalue weighted by Crippen LogP contribution is 2.19. The maximum Gasteiger partial charge on any atom is 0.317 e. The number of carbonyl (C=O) groups excluding carboxylic acids is 1. The molecule has 1 saturated heterocycles. The first-order valence-corrected chi connectivity index (χ1v) is 9.88. The van der Waals surface area contributed by atoms with Crippen LogP contribution in [0.15, 0.2) is 42.6 Å². The van der Waals surface area contributed by atoms with Crippen molar-refractivity contribution >= 4 is 23.4 Å². The van der Waals surface area contributed by atoms with Crippen LogP contribution in [0.25, 0.3) is 0 Å². The first kappa shape index (κ1) is 20.4. The highest BCUT2D eigenvalue weighted by atomic mass is 35.5. The van der Waals surface area contributed by atoms with E-state index in [0.717, 1.165) is 30.0 Å². The molecule has 6 nitrogen and oxygen atoms in total. The van der Waals surface area contributed by atoms with Crippen molar-refractivity contribution in [1.29, 1.82) is 0 Å². The molecular weight excluding hydrogens is 376 g/mol. The Bertz CT molecular complexity index is 789. The minimum absolute atomic E-state index is 0.153. The van der Waals surface area contributed by atoms with Crippen LogP contribution in [-0.2, 0) is 17.8 Å². The van der Waals surface area contributed by atoms with Gasteiger partial charge in [-0.15, -0.1) is 0 Å². The van der Waals surface area contributed by atoms with Crippen molar-refractivity contribution in [2.45, 2.75) is 39.1 Å². The largest absolute Gasteiger partial charge is 0.372 e. The van der Waals surface area contributed by atoms with Crippen molar-refractivity contribution in [3.63, 3.8) is 0 Å². The fourth-order valence-electron chi connectivity index (χ4n) is 3.34. The smallest absolute Gasteiger partial charge is 0.317 e. The molecule has 3 rings (SSSR count). The van der Waals surface area contributed by atoms with Gasteiger partial charge in [-0.2, -0.15) is 0 Å². The molecular formula is C21H27ClN4O2. The number of rotatable bonds is 5. The number of urea groups is 1. The number of halogens is 1. The SMILES string of the molecule is CC1CN(c2ccc(CNC(=O)N(C)Cc3ccccc3Cl)cn2)CC(C)O1. The van der Waals surface area contributed by atoms with Crippen LogP contribution in [-0.4, -0.2) is 48.3 Å². The summed E-state index contributed by atoms with van der Waals surface area (Å²) in [5, 5.41) is 3.58. The number of aromatic nitrogens is 1. The van der Waals surface area contributed by atoms with Gasteiger partial charge in [-0.1, -0.05) is 35.9 Å². The monoisotopic (exact) mass is 402 g/mol. The summed E-state index contributed by atoms with van der Waals surface area (Å²) in [5.41, 5.74) is 1.87. The molecule has 2 atom stereocenters. The molecule has 0 aliphatic carbocycles. The number of nitrogens with zero attached hydrogens (tertiary/aromatic N) is 3. The molecule has 2 amide bonds. The zero-order valence-corrected chi connectivity index (χ0v) is 17.3. The van der Waals surface area contributed by atoms with E-state index in [1.165, 1.54) is 0 Å². The van der Waals surface area contributed by atoms with E-state index in [-0.39, 0.29) is 18.2 Å². The van der Waals surface area contributed by atoms with Gasteiger partial charge in [0.2, 0.25) is 0 Å². The van der Waals surface area contributed by atoms with Crippen LogP contribution in [0.5, 0.6) is 0 Å². The summed E-state index contributed by atoms with van der Waals surface area (Å²) >= 11 is 6.16. The molecule has 1 aromatic carbocycles. The van der Waals surface area contributed by atoms with E-state index < -0.39 is 0 Å². The Labute approximate surface area is 171 Å². The second-order valence-corrected chi connectivity index (χ2v) is 7.70. The maximum atomic E-state index is 12.3. The van der Waals surface area contributed by atoms with Gasteiger partial charge in [0.1, 0.15) is 5.82 Å². The molecule has 1 aliphatic heterocycles. The summed E-state index contributed by atoms with van der Waals surface area (Å²) in [6.07, 6.45) is 2.20. The topological polar surface area (TPSA) is 57.7 Å². The molecule has 0 saturated carbocycles. The molecule has 28 heavy (non-hydrogen) atoms. The molecule has 2 unspecified atom stereocenters. The van der Waals surface area contributed by atoms with E-state index in [0.29, 0.717) is 18.1 Å². The molecule has 1 N–H and O–H groups in total. The van der Waals surface area contributed by atoms with Crippen LogP contribution in [0.4, 0.5) is 10.6 Å². The first-order chi connectivity index (χ1) is 13.4. The molecule has 0 bridgehead atoms. The Morgan fingerprint density at radius 3 is 2.61 bits per heavy atom. The van der Waals surface area contributed by atoms with Crippen LogP contribution in [0, 0.1) is 0 Å². The highest BCUT2D eigenvalue weighted by Gasteiger charge is 2.23. The second-order valence-electron chi connectivity index (χ2n) is 7.29. The number of morpholine rings is 1. The zero-order valence-electron chi connectivity index (χ0n) is 16.6. The van der Waals surface area contributed by atoms with E-state index in [4.69, 9.17) is 16.3 Å². The Kier molecular flexibility index (Phi) is 6.75. The number of carbonyl (C=O) groups is 1. The molecule has 1 fully saturated rings. The lowest BCUT2D eigenvalue weighted by atomic mass is 10.2. The lowest BCUT2D eigenvalue weighted by Crippen LogP contribution is -2.45. The van der Waals surface area contributed by atoms with Gasteiger partial charge in [0.15, 0.2) is 0 Å². The van der Waals surface area contributed by atoms with Gasteiger partial charge in [0.25, 0.3) is 0 Å². The molecule has 2 aromatic rings. The number of nitrogens with one attached hydrogen (secondary N) is 1. The van der Waals surface area contributed by atoms with Gasteiger partial charge < -0.3 is 19.9 Å². The standard InChI is InChI=1S/C21H27ClN4O2/c1-15-12-26(13-16(2)28-15)20-9-8-17(10-23-20)11-24-21(27)25(3)14-18-6-4-5-7-19(18)22/h4-10,15-16H,11-14H2,1-3H3,(H,24,27). The third-order valence-corrected chi connectivity index (χ3v) is 5.08. The summed E-state index contributed by atoms with van der Waals surface area (Å²) in [6.45, 7) is 6.70. The van der Waals surface area contributed by atoms with Gasteiger partial charge in [-0.05, 0) is 37.1 Å². The number of pyridine rings is 1. The third-order valence-electron chi connectivity index (χ3n) is 4.71. The molecule has 1 aliphatic rings. The van der Waals surface area contributed by atoms with Crippen molar-refractivity contribution in [3.8, 4) is 0 Å². The van der Waals surface area contributed by atoms with Crippen molar-refractivity contribution < 1.29 is 9.53 Å². The Morgan fingerprint density at radius 1 is 1.25 bits per heavy atom. The number of ether oxygens (including phenoxy) is 1. The van der Waals surface area contributed by atoms with E-state index in [2.05, 4.69) is 29.0 Å². The van der Waals surface area contributed by atoms with E-state index in [1.54, 1.807) is 11.9 Å². The Balaban J connectivity index is 1.51. The Hall–Kier alpha value is -2.31. The normalized spacial score (nSPS) is 19.4. The minimum atomic E-state index is -0.153. The second kappa shape index (κ2) is 9.26. The number of hydrogen-bond donors (Lipinski definition) is 1. The van der Waals surface area contributed by atoms with E-state index in [1.807, 2.05) is 42.6 Å². The molecule has 0 radical (unpaired) electrons. The van der Waals surface area contributed by atoms with Gasteiger partial charge in [0.05, 0.1) is 12.2 Å². The van der Waals surface area contributed by atoms with E-state index in [9.17, 15) is 4.79 Å². The van der Waals surface area contributed by atoms with Gasteiger partial charge in [-0.25, -0.2) is 9.78 Å². The average Bonchev–Trinajstić information content (AvgIpc) is 2.67. The fourth-order valence-corrected chi connectivity index (χ4v) is 3.54. The molecule has 7 heteroatoms. The quantitative estimate of drug-likeness (QED) is 0.828. The summed E-state index contributed by atoms with van der Waals surface area (Å²) < 4.78 is 5.77. The van der Waals surface area contributed by atoms with Crippen LogP contribution in [0.3, 0.4) is 0 Å². The predicted molar refractivity (Wildman–Crippen MR) is 112 cm³/mol. The number of amides is 2. The van der Waals surface area contributed by atoms with Crippen molar-refractivity contribution in [2.75, 3.05) is 25.0 Å². The predicted octanol–water partition coefficient (Wildman–Crippen LogP) is 3.69. The lowest BCUT2D eigenvalue weighted by Gasteiger charge is -2.36. The molecule has 1 aromatic heterocycles. The summed E-state index contributed by atoms with van der Waals surface area (Å²) in [5.74, 6) is 0.938. The van der Waals surface area contributed by atoms with Crippen molar-refractivity contribution in [2.24, 2.45) is 0 Å². The summed E-state index contributed by atoms with van der Waals surface area (Å²) in [7, 11) is 1.75.